The summed E-state index contributed by atoms with van der Waals surface area (Å²) >= 11 is 1.22. The lowest BCUT2D eigenvalue weighted by atomic mass is 10.2. The Bertz CT molecular complexity index is 1080. The number of benzene rings is 1. The Morgan fingerprint density at radius 1 is 1.17 bits per heavy atom. The lowest BCUT2D eigenvalue weighted by Gasteiger charge is -2.27. The fourth-order valence-corrected chi connectivity index (χ4v) is 4.21. The number of carbonyl (C=O) groups is 1. The summed E-state index contributed by atoms with van der Waals surface area (Å²) in [7, 11) is 0. The summed E-state index contributed by atoms with van der Waals surface area (Å²) in [6.07, 6.45) is -0.134. The van der Waals surface area contributed by atoms with Gasteiger partial charge in [0.1, 0.15) is 18.2 Å². The number of para-hydroxylation sites is 2. The minimum Gasteiger partial charge on any atom is -0.486 e. The van der Waals surface area contributed by atoms with Crippen LogP contribution >= 0.6 is 11.8 Å². The molecule has 0 bridgehead atoms. The predicted octanol–water partition coefficient (Wildman–Crippen LogP) is 2.87. The van der Waals surface area contributed by atoms with Gasteiger partial charge in [-0.05, 0) is 32.0 Å². The Balaban J connectivity index is 1.44. The summed E-state index contributed by atoms with van der Waals surface area (Å²) in [4.78, 5) is 21.0. The Morgan fingerprint density at radius 2 is 1.87 bits per heavy atom. The molecule has 9 heteroatoms. The van der Waals surface area contributed by atoms with Gasteiger partial charge < -0.3 is 25.5 Å². The van der Waals surface area contributed by atoms with E-state index in [1.165, 1.54) is 17.8 Å². The summed E-state index contributed by atoms with van der Waals surface area (Å²) in [5.41, 5.74) is 13.9. The molecule has 30 heavy (non-hydrogen) atoms. The maximum absolute atomic E-state index is 12.8. The molecule has 0 unspecified atom stereocenters. The number of fused-ring (bicyclic) bond motifs is 1. The molecule has 0 fully saturated rings. The average Bonchev–Trinajstić information content (AvgIpc) is 2.99. The zero-order valence-corrected chi connectivity index (χ0v) is 17.6. The summed E-state index contributed by atoms with van der Waals surface area (Å²) < 4.78 is 14.0. The van der Waals surface area contributed by atoms with Crippen molar-refractivity contribution in [2.24, 2.45) is 0 Å². The van der Waals surface area contributed by atoms with E-state index >= 15 is 0 Å². The van der Waals surface area contributed by atoms with E-state index in [2.05, 4.69) is 14.5 Å². The summed E-state index contributed by atoms with van der Waals surface area (Å²) in [5.74, 6) is 2.26. The van der Waals surface area contributed by atoms with Gasteiger partial charge >= 0.3 is 0 Å². The van der Waals surface area contributed by atoms with Crippen LogP contribution in [0.1, 0.15) is 21.7 Å². The Hall–Kier alpha value is -3.20. The van der Waals surface area contributed by atoms with Crippen molar-refractivity contribution in [3.05, 3.63) is 53.3 Å². The van der Waals surface area contributed by atoms with Gasteiger partial charge in [-0.15, -0.1) is 0 Å². The first kappa shape index (κ1) is 20.1. The van der Waals surface area contributed by atoms with Crippen LogP contribution < -0.4 is 20.9 Å². The minimum atomic E-state index is -0.134. The number of nitrogen functional groups attached to an aromatic ring is 2. The molecular formula is C21H23N5O3S. The van der Waals surface area contributed by atoms with Gasteiger partial charge in [0.2, 0.25) is 0 Å². The number of aromatic nitrogens is 3. The van der Waals surface area contributed by atoms with Crippen molar-refractivity contribution < 1.29 is 14.3 Å². The van der Waals surface area contributed by atoms with Crippen molar-refractivity contribution in [3.63, 3.8) is 0 Å². The van der Waals surface area contributed by atoms with E-state index in [0.717, 1.165) is 22.9 Å². The molecule has 0 saturated heterocycles. The maximum Gasteiger partial charge on any atom is 0.191 e. The molecule has 3 heterocycles. The van der Waals surface area contributed by atoms with Crippen LogP contribution in [0.2, 0.25) is 0 Å². The largest absolute Gasteiger partial charge is 0.486 e. The van der Waals surface area contributed by atoms with Gasteiger partial charge in [0.15, 0.2) is 28.5 Å². The van der Waals surface area contributed by atoms with Crippen molar-refractivity contribution >= 4 is 29.2 Å². The number of rotatable bonds is 6. The molecule has 1 aromatic carbocycles. The van der Waals surface area contributed by atoms with Crippen LogP contribution in [0, 0.1) is 13.8 Å². The standard InChI is InChI=1S/C21H23N5O3S/c1-12-7-15(16(27)11-30-21-24-19(22)8-20(23)25-21)13(2)26(12)9-14-10-28-17-5-3-4-6-18(17)29-14/h3-8,14H,9-11H2,1-2H3,(H4,22,23,24,25)/t14-/m0/s1. The molecular weight excluding hydrogens is 402 g/mol. The third-order valence-electron chi connectivity index (χ3n) is 4.91. The second kappa shape index (κ2) is 8.27. The van der Waals surface area contributed by atoms with Crippen molar-refractivity contribution in [2.45, 2.75) is 31.7 Å². The minimum absolute atomic E-state index is 0.00453. The highest BCUT2D eigenvalue weighted by molar-refractivity contribution is 7.99. The highest BCUT2D eigenvalue weighted by Crippen LogP contribution is 2.31. The number of hydrogen-bond acceptors (Lipinski definition) is 8. The number of thioether (sulfide) groups is 1. The number of nitrogens with zero attached hydrogens (tertiary/aromatic N) is 3. The van der Waals surface area contributed by atoms with Gasteiger partial charge in [-0.25, -0.2) is 9.97 Å². The van der Waals surface area contributed by atoms with Gasteiger partial charge in [-0.1, -0.05) is 23.9 Å². The van der Waals surface area contributed by atoms with Crippen LogP contribution in [0.5, 0.6) is 11.5 Å². The van der Waals surface area contributed by atoms with Crippen molar-refractivity contribution in [1.29, 1.82) is 0 Å². The Kier molecular flexibility index (Phi) is 5.54. The number of hydrogen-bond donors (Lipinski definition) is 2. The fraction of sp³-hybridized carbons (Fsp3) is 0.286. The van der Waals surface area contributed by atoms with Crippen molar-refractivity contribution in [2.75, 3.05) is 23.8 Å². The lowest BCUT2D eigenvalue weighted by Crippen LogP contribution is -2.33. The average molecular weight is 426 g/mol. The summed E-state index contributed by atoms with van der Waals surface area (Å²) in [5, 5.41) is 0.390. The first-order chi connectivity index (χ1) is 14.4. The van der Waals surface area contributed by atoms with Gasteiger partial charge in [0.05, 0.1) is 12.3 Å². The van der Waals surface area contributed by atoms with Gasteiger partial charge in [-0.2, -0.15) is 0 Å². The Labute approximate surface area is 178 Å². The zero-order chi connectivity index (χ0) is 21.3. The van der Waals surface area contributed by atoms with Crippen LogP contribution in [0.25, 0.3) is 0 Å². The normalized spacial score (nSPS) is 15.2. The molecule has 1 atom stereocenters. The van der Waals surface area contributed by atoms with E-state index in [4.69, 9.17) is 20.9 Å². The van der Waals surface area contributed by atoms with Crippen LogP contribution in [0.15, 0.2) is 41.6 Å². The molecule has 1 aliphatic heterocycles. The number of ether oxygens (including phenoxy) is 2. The van der Waals surface area contributed by atoms with Crippen LogP contribution in [0.3, 0.4) is 0 Å². The number of aryl methyl sites for hydroxylation is 1. The fourth-order valence-electron chi connectivity index (χ4n) is 3.46. The first-order valence-corrected chi connectivity index (χ1v) is 10.5. The molecule has 0 spiro atoms. The molecule has 0 radical (unpaired) electrons. The van der Waals surface area contributed by atoms with E-state index in [0.29, 0.717) is 23.9 Å². The van der Waals surface area contributed by atoms with E-state index in [9.17, 15) is 4.79 Å². The second-order valence-electron chi connectivity index (χ2n) is 7.11. The van der Waals surface area contributed by atoms with Gasteiger partial charge in [0, 0.05) is 23.0 Å². The van der Waals surface area contributed by atoms with E-state index < -0.39 is 0 Å². The molecule has 8 nitrogen and oxygen atoms in total. The summed E-state index contributed by atoms with van der Waals surface area (Å²) in [6.45, 7) is 4.98. The third-order valence-corrected chi connectivity index (χ3v) is 5.75. The Morgan fingerprint density at radius 3 is 2.60 bits per heavy atom. The van der Waals surface area contributed by atoms with Crippen LogP contribution in [-0.2, 0) is 6.54 Å². The topological polar surface area (TPSA) is 118 Å². The maximum atomic E-state index is 12.8. The van der Waals surface area contributed by atoms with E-state index in [1.54, 1.807) is 0 Å². The number of ketones is 1. The smallest absolute Gasteiger partial charge is 0.191 e. The molecule has 0 aliphatic carbocycles. The van der Waals surface area contributed by atoms with Crippen molar-refractivity contribution in [1.82, 2.24) is 14.5 Å². The zero-order valence-electron chi connectivity index (χ0n) is 16.8. The number of anilines is 2. The predicted molar refractivity (Wildman–Crippen MR) is 116 cm³/mol. The molecule has 156 valence electrons. The highest BCUT2D eigenvalue weighted by Gasteiger charge is 2.24. The summed E-state index contributed by atoms with van der Waals surface area (Å²) in [6, 6.07) is 11.0. The van der Waals surface area contributed by atoms with E-state index in [1.807, 2.05) is 44.2 Å². The van der Waals surface area contributed by atoms with Crippen LogP contribution in [-0.4, -0.2) is 38.8 Å². The lowest BCUT2D eigenvalue weighted by molar-refractivity contribution is 0.0777. The first-order valence-electron chi connectivity index (χ1n) is 9.52. The highest BCUT2D eigenvalue weighted by atomic mass is 32.2. The molecule has 4 rings (SSSR count). The number of Topliss-reactive ketones (excluding diaryl/α,β-unsaturated/α-hetero) is 1. The third kappa shape index (κ3) is 4.20. The molecule has 1 aliphatic rings. The molecule has 4 N–H and O–H groups in total. The quantitative estimate of drug-likeness (QED) is 0.352. The molecule has 0 saturated carbocycles. The molecule has 0 amide bonds. The van der Waals surface area contributed by atoms with E-state index in [-0.39, 0.29) is 29.3 Å². The monoisotopic (exact) mass is 425 g/mol. The van der Waals surface area contributed by atoms with Crippen molar-refractivity contribution in [3.8, 4) is 11.5 Å². The number of carbonyl (C=O) groups excluding carboxylic acids is 1. The second-order valence-corrected chi connectivity index (χ2v) is 8.05. The van der Waals surface area contributed by atoms with Crippen LogP contribution in [0.4, 0.5) is 11.6 Å². The molecule has 2 aromatic heterocycles. The number of nitrogens with two attached hydrogens (primary N) is 2. The van der Waals surface area contributed by atoms with Gasteiger partial charge in [0.25, 0.3) is 0 Å². The molecule has 3 aromatic rings. The SMILES string of the molecule is Cc1cc(C(=O)CSc2nc(N)cc(N)n2)c(C)n1C[C@H]1COc2ccccc2O1. The van der Waals surface area contributed by atoms with Gasteiger partial charge in [-0.3, -0.25) is 4.79 Å².